The zero-order valence-electron chi connectivity index (χ0n) is 15.7. The van der Waals surface area contributed by atoms with Crippen LogP contribution in [-0.4, -0.2) is 41.2 Å². The molecule has 3 rings (SSSR count). The first-order valence-corrected chi connectivity index (χ1v) is 10.9. The third kappa shape index (κ3) is 5.56. The number of nitrogens with zero attached hydrogens (tertiary/aromatic N) is 2. The predicted octanol–water partition coefficient (Wildman–Crippen LogP) is 4.35. The first-order chi connectivity index (χ1) is 12.5. The summed E-state index contributed by atoms with van der Waals surface area (Å²) in [4.78, 5) is 19.2. The minimum absolute atomic E-state index is 0.0530. The molecule has 2 aromatic rings. The number of hydrogen-bond donors (Lipinski definition) is 1. The van der Waals surface area contributed by atoms with Gasteiger partial charge >= 0.3 is 0 Å². The second-order valence-corrected chi connectivity index (χ2v) is 9.66. The van der Waals surface area contributed by atoms with E-state index in [9.17, 15) is 4.79 Å². The second kappa shape index (κ2) is 9.02. The minimum atomic E-state index is 0.0530. The molecule has 1 aliphatic carbocycles. The molecular formula is C20H27N3OS2. The van der Waals surface area contributed by atoms with Crippen molar-refractivity contribution in [3.05, 3.63) is 46.5 Å². The van der Waals surface area contributed by atoms with Crippen LogP contribution < -0.4 is 5.32 Å². The third-order valence-electron chi connectivity index (χ3n) is 4.56. The van der Waals surface area contributed by atoms with Gasteiger partial charge in [0, 0.05) is 34.5 Å². The Bertz CT molecular complexity index is 736. The molecule has 0 bridgehead atoms. The van der Waals surface area contributed by atoms with Crippen LogP contribution in [0.2, 0.25) is 0 Å². The van der Waals surface area contributed by atoms with Gasteiger partial charge in [-0.05, 0) is 64.4 Å². The van der Waals surface area contributed by atoms with Crippen molar-refractivity contribution in [1.82, 2.24) is 15.2 Å². The highest BCUT2D eigenvalue weighted by molar-refractivity contribution is 8.01. The first kappa shape index (κ1) is 19.4. The molecule has 0 atom stereocenters. The van der Waals surface area contributed by atoms with Crippen molar-refractivity contribution in [1.29, 1.82) is 0 Å². The van der Waals surface area contributed by atoms with E-state index in [1.54, 1.807) is 11.3 Å². The van der Waals surface area contributed by atoms with Gasteiger partial charge < -0.3 is 10.2 Å². The fraction of sp³-hybridized carbons (Fsp3) is 0.500. The molecular weight excluding hydrogens is 362 g/mol. The number of rotatable bonds is 6. The topological polar surface area (TPSA) is 45.2 Å². The smallest absolute Gasteiger partial charge is 0.251 e. The van der Waals surface area contributed by atoms with E-state index in [1.165, 1.54) is 9.90 Å². The van der Waals surface area contributed by atoms with Gasteiger partial charge in [-0.1, -0.05) is 23.9 Å². The molecule has 0 aliphatic heterocycles. The van der Waals surface area contributed by atoms with Crippen LogP contribution >= 0.6 is 23.1 Å². The predicted molar refractivity (Wildman–Crippen MR) is 110 cm³/mol. The van der Waals surface area contributed by atoms with Crippen LogP contribution in [0.5, 0.6) is 0 Å². The van der Waals surface area contributed by atoms with E-state index in [0.29, 0.717) is 5.25 Å². The maximum Gasteiger partial charge on any atom is 0.251 e. The van der Waals surface area contributed by atoms with Crippen molar-refractivity contribution in [2.45, 2.75) is 54.8 Å². The number of aromatic nitrogens is 1. The van der Waals surface area contributed by atoms with E-state index in [2.05, 4.69) is 26.6 Å². The Morgan fingerprint density at radius 3 is 2.73 bits per heavy atom. The molecule has 1 aromatic heterocycles. The van der Waals surface area contributed by atoms with Gasteiger partial charge in [-0.3, -0.25) is 4.79 Å². The molecule has 1 aromatic carbocycles. The summed E-state index contributed by atoms with van der Waals surface area (Å²) in [6.45, 7) is 2.89. The van der Waals surface area contributed by atoms with Crippen molar-refractivity contribution in [3.63, 3.8) is 0 Å². The summed E-state index contributed by atoms with van der Waals surface area (Å²) in [5, 5.41) is 5.96. The molecule has 1 N–H and O–H groups in total. The van der Waals surface area contributed by atoms with Gasteiger partial charge in [-0.15, -0.1) is 11.3 Å². The SMILES string of the molecule is Cc1csc(SC2CCC(NC(=O)c3cccc(CN(C)C)c3)CC2)n1. The molecule has 1 fully saturated rings. The second-order valence-electron chi connectivity index (χ2n) is 7.26. The molecule has 4 nitrogen and oxygen atoms in total. The molecule has 0 spiro atoms. The zero-order valence-corrected chi connectivity index (χ0v) is 17.3. The summed E-state index contributed by atoms with van der Waals surface area (Å²) in [6, 6.07) is 8.23. The Labute approximate surface area is 164 Å². The summed E-state index contributed by atoms with van der Waals surface area (Å²) >= 11 is 3.64. The number of hydrogen-bond acceptors (Lipinski definition) is 5. The number of benzene rings is 1. The van der Waals surface area contributed by atoms with Gasteiger partial charge in [-0.25, -0.2) is 4.98 Å². The van der Waals surface area contributed by atoms with Crippen LogP contribution in [0, 0.1) is 6.92 Å². The summed E-state index contributed by atoms with van der Waals surface area (Å²) in [7, 11) is 4.08. The van der Waals surface area contributed by atoms with Gasteiger partial charge in [0.15, 0.2) is 0 Å². The number of carbonyl (C=O) groups is 1. The number of aryl methyl sites for hydroxylation is 1. The molecule has 1 amide bonds. The lowest BCUT2D eigenvalue weighted by Crippen LogP contribution is -2.38. The van der Waals surface area contributed by atoms with E-state index in [0.717, 1.165) is 43.5 Å². The molecule has 140 valence electrons. The fourth-order valence-electron chi connectivity index (χ4n) is 3.30. The molecule has 1 saturated carbocycles. The highest BCUT2D eigenvalue weighted by atomic mass is 32.2. The molecule has 26 heavy (non-hydrogen) atoms. The van der Waals surface area contributed by atoms with Crippen LogP contribution in [0.1, 0.15) is 47.3 Å². The van der Waals surface area contributed by atoms with Gasteiger partial charge in [-0.2, -0.15) is 0 Å². The van der Waals surface area contributed by atoms with Crippen molar-refractivity contribution in [2.75, 3.05) is 14.1 Å². The van der Waals surface area contributed by atoms with Crippen LogP contribution in [0.4, 0.5) is 0 Å². The summed E-state index contributed by atoms with van der Waals surface area (Å²) in [6.07, 6.45) is 4.36. The molecule has 6 heteroatoms. The number of nitrogens with one attached hydrogen (secondary N) is 1. The quantitative estimate of drug-likeness (QED) is 0.798. The van der Waals surface area contributed by atoms with Crippen molar-refractivity contribution in [2.24, 2.45) is 0 Å². The van der Waals surface area contributed by atoms with Crippen molar-refractivity contribution >= 4 is 29.0 Å². The molecule has 0 unspecified atom stereocenters. The van der Waals surface area contributed by atoms with E-state index in [4.69, 9.17) is 0 Å². The molecule has 0 radical (unpaired) electrons. The van der Waals surface area contributed by atoms with Gasteiger partial charge in [0.1, 0.15) is 4.34 Å². The normalized spacial score (nSPS) is 20.3. The highest BCUT2D eigenvalue weighted by Crippen LogP contribution is 2.35. The van der Waals surface area contributed by atoms with Gasteiger partial charge in [0.2, 0.25) is 0 Å². The van der Waals surface area contributed by atoms with E-state index >= 15 is 0 Å². The van der Waals surface area contributed by atoms with Gasteiger partial charge in [0.25, 0.3) is 5.91 Å². The van der Waals surface area contributed by atoms with Crippen LogP contribution in [0.25, 0.3) is 0 Å². The number of amides is 1. The van der Waals surface area contributed by atoms with E-state index in [-0.39, 0.29) is 11.9 Å². The summed E-state index contributed by atoms with van der Waals surface area (Å²) in [5.74, 6) is 0.0530. The van der Waals surface area contributed by atoms with Crippen molar-refractivity contribution < 1.29 is 4.79 Å². The third-order valence-corrected chi connectivity index (χ3v) is 6.99. The highest BCUT2D eigenvalue weighted by Gasteiger charge is 2.24. The minimum Gasteiger partial charge on any atom is -0.349 e. The Morgan fingerprint density at radius 1 is 1.31 bits per heavy atom. The Morgan fingerprint density at radius 2 is 2.08 bits per heavy atom. The number of thiazole rings is 1. The molecule has 1 aliphatic rings. The number of carbonyl (C=O) groups excluding carboxylic acids is 1. The Kier molecular flexibility index (Phi) is 6.73. The summed E-state index contributed by atoms with van der Waals surface area (Å²) in [5.41, 5.74) is 3.04. The van der Waals surface area contributed by atoms with Crippen LogP contribution in [-0.2, 0) is 6.54 Å². The molecule has 1 heterocycles. The summed E-state index contributed by atoms with van der Waals surface area (Å²) < 4.78 is 1.17. The lowest BCUT2D eigenvalue weighted by molar-refractivity contribution is 0.0928. The first-order valence-electron chi connectivity index (χ1n) is 9.13. The van der Waals surface area contributed by atoms with E-state index in [1.807, 2.05) is 51.0 Å². The van der Waals surface area contributed by atoms with Gasteiger partial charge in [0.05, 0.1) is 0 Å². The maximum absolute atomic E-state index is 12.6. The largest absolute Gasteiger partial charge is 0.349 e. The lowest BCUT2D eigenvalue weighted by Gasteiger charge is -2.28. The Hall–Kier alpha value is -1.37. The maximum atomic E-state index is 12.6. The van der Waals surface area contributed by atoms with E-state index < -0.39 is 0 Å². The monoisotopic (exact) mass is 389 g/mol. The number of thioether (sulfide) groups is 1. The fourth-order valence-corrected chi connectivity index (χ4v) is 5.58. The lowest BCUT2D eigenvalue weighted by atomic mass is 9.94. The average molecular weight is 390 g/mol. The zero-order chi connectivity index (χ0) is 18.5. The van der Waals surface area contributed by atoms with Crippen LogP contribution in [0.15, 0.2) is 34.0 Å². The molecule has 0 saturated heterocycles. The standard InChI is InChI=1S/C20H27N3OS2/c1-14-13-25-20(21-14)26-18-9-7-17(8-10-18)22-19(24)16-6-4-5-15(11-16)12-23(2)3/h4-6,11,13,17-18H,7-10,12H2,1-3H3,(H,22,24). The van der Waals surface area contributed by atoms with Crippen LogP contribution in [0.3, 0.4) is 0 Å². The average Bonchev–Trinajstić information content (AvgIpc) is 3.01. The van der Waals surface area contributed by atoms with Crippen molar-refractivity contribution in [3.8, 4) is 0 Å². The Balaban J connectivity index is 1.48.